The predicted octanol–water partition coefficient (Wildman–Crippen LogP) is 1.63. The Morgan fingerprint density at radius 2 is 2.39 bits per heavy atom. The van der Waals surface area contributed by atoms with Crippen molar-refractivity contribution in [3.63, 3.8) is 0 Å². The van der Waals surface area contributed by atoms with Crippen molar-refractivity contribution in [1.29, 1.82) is 0 Å². The minimum Gasteiger partial charge on any atom is -0.439 e. The van der Waals surface area contributed by atoms with Gasteiger partial charge in [-0.1, -0.05) is 6.07 Å². The van der Waals surface area contributed by atoms with Gasteiger partial charge in [-0.05, 0) is 19.1 Å². The van der Waals surface area contributed by atoms with Crippen LogP contribution >= 0.6 is 0 Å². The largest absolute Gasteiger partial charge is 0.439 e. The second kappa shape index (κ2) is 4.59. The molecule has 18 heavy (non-hydrogen) atoms. The van der Waals surface area contributed by atoms with E-state index >= 15 is 0 Å². The lowest BCUT2D eigenvalue weighted by Crippen LogP contribution is -2.42. The van der Waals surface area contributed by atoms with Crippen molar-refractivity contribution >= 4 is 16.8 Å². The number of nitrogens with two attached hydrogens (primary N) is 1. The van der Waals surface area contributed by atoms with E-state index in [2.05, 4.69) is 16.8 Å². The molecule has 3 rings (SSSR count). The number of hydrogen-bond donors (Lipinski definition) is 1. The first kappa shape index (κ1) is 11.5. The zero-order valence-corrected chi connectivity index (χ0v) is 10.4. The van der Waals surface area contributed by atoms with Gasteiger partial charge in [0.25, 0.3) is 0 Å². The van der Waals surface area contributed by atoms with Crippen molar-refractivity contribution < 1.29 is 9.15 Å². The third-order valence-electron chi connectivity index (χ3n) is 3.34. The Balaban J connectivity index is 1.84. The van der Waals surface area contributed by atoms with E-state index in [-0.39, 0.29) is 0 Å². The molecule has 1 fully saturated rings. The summed E-state index contributed by atoms with van der Waals surface area (Å²) < 4.78 is 11.1. The molecule has 1 unspecified atom stereocenters. The average Bonchev–Trinajstić information content (AvgIpc) is 2.76. The van der Waals surface area contributed by atoms with Gasteiger partial charge >= 0.3 is 0 Å². The summed E-state index contributed by atoms with van der Waals surface area (Å²) in [4.78, 5) is 6.78. The number of nitrogens with zero attached hydrogens (tertiary/aromatic N) is 2. The molecule has 0 spiro atoms. The van der Waals surface area contributed by atoms with Crippen molar-refractivity contribution in [2.75, 3.05) is 25.5 Å². The fraction of sp³-hybridized carbons (Fsp3) is 0.462. The number of nitrogen functional groups attached to an aromatic ring is 1. The van der Waals surface area contributed by atoms with Gasteiger partial charge in [0.15, 0.2) is 5.58 Å². The normalized spacial score (nSPS) is 21.5. The molecule has 1 aromatic carbocycles. The van der Waals surface area contributed by atoms with E-state index in [0.717, 1.165) is 36.7 Å². The molecular weight excluding hydrogens is 230 g/mol. The lowest BCUT2D eigenvalue weighted by molar-refractivity contribution is -0.00762. The first-order chi connectivity index (χ1) is 8.74. The van der Waals surface area contributed by atoms with Gasteiger partial charge in [0, 0.05) is 12.6 Å². The number of hydrogen-bond acceptors (Lipinski definition) is 5. The van der Waals surface area contributed by atoms with Gasteiger partial charge < -0.3 is 14.9 Å². The zero-order valence-electron chi connectivity index (χ0n) is 10.4. The van der Waals surface area contributed by atoms with Gasteiger partial charge in [0.05, 0.1) is 25.4 Å². The first-order valence-electron chi connectivity index (χ1n) is 6.20. The number of anilines is 1. The van der Waals surface area contributed by atoms with E-state index in [0.29, 0.717) is 18.3 Å². The molecule has 0 saturated carbocycles. The van der Waals surface area contributed by atoms with Crippen LogP contribution < -0.4 is 5.73 Å². The highest BCUT2D eigenvalue weighted by Gasteiger charge is 2.21. The molecule has 1 aliphatic rings. The minimum atomic E-state index is 0.395. The Morgan fingerprint density at radius 3 is 3.17 bits per heavy atom. The van der Waals surface area contributed by atoms with Gasteiger partial charge in [-0.3, -0.25) is 4.90 Å². The summed E-state index contributed by atoms with van der Waals surface area (Å²) in [6, 6.07) is 6.01. The van der Waals surface area contributed by atoms with Crippen molar-refractivity contribution in [1.82, 2.24) is 9.88 Å². The van der Waals surface area contributed by atoms with Crippen LogP contribution in [0.2, 0.25) is 0 Å². The van der Waals surface area contributed by atoms with Crippen LogP contribution in [0.3, 0.4) is 0 Å². The summed E-state index contributed by atoms with van der Waals surface area (Å²) in [6.07, 6.45) is 0. The molecule has 1 aromatic heterocycles. The molecule has 2 N–H and O–H groups in total. The topological polar surface area (TPSA) is 64.5 Å². The highest BCUT2D eigenvalue weighted by atomic mass is 16.5. The van der Waals surface area contributed by atoms with Crippen LogP contribution in [0.25, 0.3) is 11.1 Å². The lowest BCUT2D eigenvalue weighted by atomic mass is 10.2. The first-order valence-corrected chi connectivity index (χ1v) is 6.20. The maximum absolute atomic E-state index is 5.87. The average molecular weight is 247 g/mol. The fourth-order valence-electron chi connectivity index (χ4n) is 2.25. The number of fused-ring (bicyclic) bond motifs is 1. The van der Waals surface area contributed by atoms with Gasteiger partial charge in [-0.15, -0.1) is 0 Å². The third kappa shape index (κ3) is 2.07. The SMILES string of the molecule is CC1COCCN1Cc1nc2c(N)cccc2o1. The van der Waals surface area contributed by atoms with Gasteiger partial charge in [-0.2, -0.15) is 0 Å². The number of aromatic nitrogens is 1. The van der Waals surface area contributed by atoms with E-state index in [4.69, 9.17) is 14.9 Å². The molecule has 96 valence electrons. The summed E-state index contributed by atoms with van der Waals surface area (Å²) in [5, 5.41) is 0. The minimum absolute atomic E-state index is 0.395. The fourth-order valence-corrected chi connectivity index (χ4v) is 2.25. The molecule has 2 aromatic rings. The number of benzene rings is 1. The smallest absolute Gasteiger partial charge is 0.209 e. The quantitative estimate of drug-likeness (QED) is 0.817. The predicted molar refractivity (Wildman–Crippen MR) is 69.1 cm³/mol. The van der Waals surface area contributed by atoms with Gasteiger partial charge in [0.2, 0.25) is 5.89 Å². The monoisotopic (exact) mass is 247 g/mol. The van der Waals surface area contributed by atoms with E-state index in [1.54, 1.807) is 0 Å². The molecule has 0 bridgehead atoms. The second-order valence-corrected chi connectivity index (χ2v) is 4.70. The molecule has 0 amide bonds. The van der Waals surface area contributed by atoms with E-state index < -0.39 is 0 Å². The molecule has 5 nitrogen and oxygen atoms in total. The molecular formula is C13H17N3O2. The zero-order chi connectivity index (χ0) is 12.5. The van der Waals surface area contributed by atoms with Crippen LogP contribution in [0.15, 0.2) is 22.6 Å². The summed E-state index contributed by atoms with van der Waals surface area (Å²) in [7, 11) is 0. The summed E-state index contributed by atoms with van der Waals surface area (Å²) >= 11 is 0. The van der Waals surface area contributed by atoms with Crippen LogP contribution in [0.5, 0.6) is 0 Å². The Hall–Kier alpha value is -1.59. The lowest BCUT2D eigenvalue weighted by Gasteiger charge is -2.31. The Bertz CT molecular complexity index is 552. The van der Waals surface area contributed by atoms with Crippen LogP contribution in [0, 0.1) is 0 Å². The third-order valence-corrected chi connectivity index (χ3v) is 3.34. The standard InChI is InChI=1S/C13H17N3O2/c1-9-8-17-6-5-16(9)7-12-15-13-10(14)3-2-4-11(13)18-12/h2-4,9H,5-8,14H2,1H3. The van der Waals surface area contributed by atoms with Gasteiger partial charge in [0.1, 0.15) is 5.52 Å². The van der Waals surface area contributed by atoms with Crippen molar-refractivity contribution in [3.8, 4) is 0 Å². The number of ether oxygens (including phenoxy) is 1. The molecule has 0 aliphatic carbocycles. The van der Waals surface area contributed by atoms with Gasteiger partial charge in [-0.25, -0.2) is 4.98 Å². The van der Waals surface area contributed by atoms with Crippen molar-refractivity contribution in [3.05, 3.63) is 24.1 Å². The molecule has 5 heteroatoms. The highest BCUT2D eigenvalue weighted by Crippen LogP contribution is 2.22. The molecule has 1 aliphatic heterocycles. The Morgan fingerprint density at radius 1 is 1.50 bits per heavy atom. The number of oxazole rings is 1. The second-order valence-electron chi connectivity index (χ2n) is 4.70. The van der Waals surface area contributed by atoms with Crippen LogP contribution in [-0.4, -0.2) is 35.7 Å². The summed E-state index contributed by atoms with van der Waals surface area (Å²) in [5.74, 6) is 0.719. The van der Waals surface area contributed by atoms with E-state index in [1.165, 1.54) is 0 Å². The Labute approximate surface area is 106 Å². The molecule has 2 heterocycles. The highest BCUT2D eigenvalue weighted by molar-refractivity contribution is 5.85. The van der Waals surface area contributed by atoms with E-state index in [1.807, 2.05) is 18.2 Å². The number of morpholine rings is 1. The van der Waals surface area contributed by atoms with Crippen molar-refractivity contribution in [2.24, 2.45) is 0 Å². The Kier molecular flexibility index (Phi) is 2.93. The van der Waals surface area contributed by atoms with Crippen LogP contribution in [0.1, 0.15) is 12.8 Å². The maximum Gasteiger partial charge on any atom is 0.209 e. The number of para-hydroxylation sites is 1. The summed E-state index contributed by atoms with van der Waals surface area (Å²) in [6.45, 7) is 5.30. The summed E-state index contributed by atoms with van der Waals surface area (Å²) in [5.41, 5.74) is 8.05. The number of rotatable bonds is 2. The maximum atomic E-state index is 5.87. The molecule has 0 radical (unpaired) electrons. The van der Waals surface area contributed by atoms with E-state index in [9.17, 15) is 0 Å². The molecule has 1 atom stereocenters. The van der Waals surface area contributed by atoms with Crippen molar-refractivity contribution in [2.45, 2.75) is 19.5 Å². The van der Waals surface area contributed by atoms with Crippen LogP contribution in [0.4, 0.5) is 5.69 Å². The molecule has 1 saturated heterocycles. The van der Waals surface area contributed by atoms with Crippen LogP contribution in [-0.2, 0) is 11.3 Å².